The zero-order chi connectivity index (χ0) is 20.4. The fourth-order valence-electron chi connectivity index (χ4n) is 4.60. The van der Waals surface area contributed by atoms with E-state index in [9.17, 15) is 13.2 Å². The van der Waals surface area contributed by atoms with Gasteiger partial charge in [-0.2, -0.15) is 0 Å². The van der Waals surface area contributed by atoms with Gasteiger partial charge in [0.05, 0.1) is 4.90 Å². The van der Waals surface area contributed by atoms with Gasteiger partial charge in [-0.05, 0) is 61.9 Å². The summed E-state index contributed by atoms with van der Waals surface area (Å²) in [5.41, 5.74) is 2.00. The van der Waals surface area contributed by atoms with Crippen LogP contribution in [0.15, 0.2) is 53.4 Å². The highest BCUT2D eigenvalue weighted by molar-refractivity contribution is 7.92. The topological polar surface area (TPSA) is 66.5 Å². The molecule has 1 aliphatic carbocycles. The van der Waals surface area contributed by atoms with Gasteiger partial charge in [0.15, 0.2) is 0 Å². The van der Waals surface area contributed by atoms with E-state index in [1.807, 2.05) is 24.0 Å². The number of anilines is 1. The molecule has 1 saturated carbocycles. The molecular formula is C23H28N2O3S. The first kappa shape index (κ1) is 20.0. The lowest BCUT2D eigenvalue weighted by molar-refractivity contribution is 0.0520. The second kappa shape index (κ2) is 8.19. The Kier molecular flexibility index (Phi) is 5.63. The number of hydrogen-bond donors (Lipinski definition) is 1. The van der Waals surface area contributed by atoms with Crippen molar-refractivity contribution in [2.75, 3.05) is 17.8 Å². The molecule has 1 aliphatic heterocycles. The molecule has 29 heavy (non-hydrogen) atoms. The molecule has 0 unspecified atom stereocenters. The molecule has 2 atom stereocenters. The molecule has 0 spiro atoms. The quantitative estimate of drug-likeness (QED) is 0.807. The average molecular weight is 413 g/mol. The van der Waals surface area contributed by atoms with E-state index in [1.165, 1.54) is 37.8 Å². The second-order valence-corrected chi connectivity index (χ2v) is 10.0. The molecule has 2 aromatic carbocycles. The van der Waals surface area contributed by atoms with Gasteiger partial charge in [0.1, 0.15) is 0 Å². The van der Waals surface area contributed by atoms with E-state index < -0.39 is 10.0 Å². The summed E-state index contributed by atoms with van der Waals surface area (Å²) in [6.45, 7) is 3.50. The van der Waals surface area contributed by atoms with Crippen LogP contribution in [-0.4, -0.2) is 32.3 Å². The number of benzene rings is 2. The third-order valence-corrected chi connectivity index (χ3v) is 7.65. The summed E-state index contributed by atoms with van der Waals surface area (Å²) in [6, 6.07) is 13.5. The number of amides is 1. The van der Waals surface area contributed by atoms with Crippen LogP contribution < -0.4 is 4.72 Å². The van der Waals surface area contributed by atoms with Gasteiger partial charge in [-0.15, -0.1) is 0 Å². The Bertz CT molecular complexity index is 985. The summed E-state index contributed by atoms with van der Waals surface area (Å²) in [7, 11) is -3.75. The van der Waals surface area contributed by atoms with Gasteiger partial charge < -0.3 is 4.90 Å². The fraction of sp³-hybridized carbons (Fsp3) is 0.435. The molecule has 4 rings (SSSR count). The Morgan fingerprint density at radius 1 is 1.00 bits per heavy atom. The molecule has 2 aliphatic rings. The Morgan fingerprint density at radius 3 is 2.48 bits per heavy atom. The minimum Gasteiger partial charge on any atom is -0.338 e. The fourth-order valence-corrected chi connectivity index (χ4v) is 5.70. The highest BCUT2D eigenvalue weighted by Gasteiger charge is 2.33. The first-order chi connectivity index (χ1) is 13.9. The van der Waals surface area contributed by atoms with Gasteiger partial charge in [0, 0.05) is 24.3 Å². The zero-order valence-electron chi connectivity index (χ0n) is 16.8. The third-order valence-electron chi connectivity index (χ3n) is 6.27. The van der Waals surface area contributed by atoms with Crippen LogP contribution in [0.1, 0.15) is 48.0 Å². The van der Waals surface area contributed by atoms with Gasteiger partial charge >= 0.3 is 0 Å². The molecule has 0 bridgehead atoms. The second-order valence-electron chi connectivity index (χ2n) is 8.34. The van der Waals surface area contributed by atoms with Gasteiger partial charge in [-0.1, -0.05) is 43.0 Å². The van der Waals surface area contributed by atoms with Gasteiger partial charge in [0.2, 0.25) is 0 Å². The van der Waals surface area contributed by atoms with E-state index >= 15 is 0 Å². The predicted octanol–water partition coefficient (Wildman–Crippen LogP) is 4.45. The number of rotatable bonds is 4. The standard InChI is InChI=1S/C23H28N2O3S/c1-17-9-11-21(12-10-17)24-29(27,28)22-8-4-7-19(15-22)23(26)25-14-13-18-5-2-3-6-20(18)16-25/h4,7-12,15,18,20,24H,2-3,5-6,13-14,16H2,1H3/t18-,20+/m1/s1. The molecule has 1 heterocycles. The molecule has 5 nitrogen and oxygen atoms in total. The molecule has 0 radical (unpaired) electrons. The molecule has 1 N–H and O–H groups in total. The lowest BCUT2D eigenvalue weighted by Crippen LogP contribution is -2.44. The van der Waals surface area contributed by atoms with Gasteiger partial charge in [0.25, 0.3) is 15.9 Å². The first-order valence-corrected chi connectivity index (χ1v) is 11.9. The summed E-state index contributed by atoms with van der Waals surface area (Å²) in [5, 5.41) is 0. The number of piperidine rings is 1. The monoisotopic (exact) mass is 412 g/mol. The van der Waals surface area contributed by atoms with Crippen molar-refractivity contribution in [2.24, 2.45) is 11.8 Å². The Labute approximate surface area is 173 Å². The van der Waals surface area contributed by atoms with Crippen LogP contribution in [0.3, 0.4) is 0 Å². The van der Waals surface area contributed by atoms with Crippen molar-refractivity contribution in [3.8, 4) is 0 Å². The van der Waals surface area contributed by atoms with Crippen molar-refractivity contribution in [1.82, 2.24) is 4.90 Å². The maximum atomic E-state index is 13.1. The van der Waals surface area contributed by atoms with Crippen LogP contribution in [0, 0.1) is 18.8 Å². The number of carbonyl (C=O) groups excluding carboxylic acids is 1. The molecule has 2 fully saturated rings. The normalized spacial score (nSPS) is 22.0. The van der Waals surface area contributed by atoms with Gasteiger partial charge in [-0.3, -0.25) is 9.52 Å². The van der Waals surface area contributed by atoms with E-state index in [4.69, 9.17) is 0 Å². The van der Waals surface area contributed by atoms with Crippen molar-refractivity contribution < 1.29 is 13.2 Å². The van der Waals surface area contributed by atoms with Crippen LogP contribution in [0.5, 0.6) is 0 Å². The maximum Gasteiger partial charge on any atom is 0.261 e. The highest BCUT2D eigenvalue weighted by atomic mass is 32.2. The summed E-state index contributed by atoms with van der Waals surface area (Å²) >= 11 is 0. The Morgan fingerprint density at radius 2 is 1.72 bits per heavy atom. The lowest BCUT2D eigenvalue weighted by Gasteiger charge is -2.41. The first-order valence-electron chi connectivity index (χ1n) is 10.4. The number of nitrogens with zero attached hydrogens (tertiary/aromatic N) is 1. The maximum absolute atomic E-state index is 13.1. The van der Waals surface area contributed by atoms with Crippen LogP contribution in [-0.2, 0) is 10.0 Å². The van der Waals surface area contributed by atoms with E-state index in [2.05, 4.69) is 4.72 Å². The minimum atomic E-state index is -3.75. The van der Waals surface area contributed by atoms with Crippen molar-refractivity contribution in [1.29, 1.82) is 0 Å². The van der Waals surface area contributed by atoms with Crippen LogP contribution >= 0.6 is 0 Å². The summed E-state index contributed by atoms with van der Waals surface area (Å²) in [5.74, 6) is 1.27. The number of likely N-dealkylation sites (tertiary alicyclic amines) is 1. The van der Waals surface area contributed by atoms with E-state index in [-0.39, 0.29) is 10.8 Å². The molecule has 1 saturated heterocycles. The number of fused-ring (bicyclic) bond motifs is 1. The number of nitrogens with one attached hydrogen (secondary N) is 1. The summed E-state index contributed by atoms with van der Waals surface area (Å²) in [6.07, 6.45) is 6.10. The van der Waals surface area contributed by atoms with Crippen LogP contribution in [0.4, 0.5) is 5.69 Å². The number of aryl methyl sites for hydroxylation is 1. The van der Waals surface area contributed by atoms with Crippen LogP contribution in [0.2, 0.25) is 0 Å². The highest BCUT2D eigenvalue weighted by Crippen LogP contribution is 2.36. The van der Waals surface area contributed by atoms with Crippen molar-refractivity contribution >= 4 is 21.6 Å². The summed E-state index contributed by atoms with van der Waals surface area (Å²) < 4.78 is 28.2. The van der Waals surface area contributed by atoms with E-state index in [1.54, 1.807) is 24.3 Å². The summed E-state index contributed by atoms with van der Waals surface area (Å²) in [4.78, 5) is 15.1. The third kappa shape index (κ3) is 4.47. The average Bonchev–Trinajstić information content (AvgIpc) is 2.74. The minimum absolute atomic E-state index is 0.0681. The van der Waals surface area contributed by atoms with Crippen LogP contribution in [0.25, 0.3) is 0 Å². The molecule has 6 heteroatoms. The number of carbonyl (C=O) groups is 1. The Balaban J connectivity index is 1.50. The molecule has 154 valence electrons. The Hall–Kier alpha value is -2.34. The van der Waals surface area contributed by atoms with E-state index in [0.717, 1.165) is 31.0 Å². The molecule has 0 aromatic heterocycles. The van der Waals surface area contributed by atoms with E-state index in [0.29, 0.717) is 17.2 Å². The van der Waals surface area contributed by atoms with Crippen molar-refractivity contribution in [2.45, 2.75) is 43.9 Å². The predicted molar refractivity (Wildman–Crippen MR) is 114 cm³/mol. The van der Waals surface area contributed by atoms with Gasteiger partial charge in [-0.25, -0.2) is 8.42 Å². The lowest BCUT2D eigenvalue weighted by atomic mass is 9.75. The van der Waals surface area contributed by atoms with Crippen molar-refractivity contribution in [3.05, 3.63) is 59.7 Å². The molecular weight excluding hydrogens is 384 g/mol. The smallest absolute Gasteiger partial charge is 0.261 e. The number of sulfonamides is 1. The largest absolute Gasteiger partial charge is 0.338 e. The van der Waals surface area contributed by atoms with Crippen molar-refractivity contribution in [3.63, 3.8) is 0 Å². The zero-order valence-corrected chi connectivity index (χ0v) is 17.6. The molecule has 1 amide bonds. The molecule has 2 aromatic rings. The number of hydrogen-bond acceptors (Lipinski definition) is 3. The SMILES string of the molecule is Cc1ccc(NS(=O)(=O)c2cccc(C(=O)N3CC[C@H]4CCCC[C@H]4C3)c2)cc1.